The Morgan fingerprint density at radius 2 is 1.51 bits per heavy atom. The summed E-state index contributed by atoms with van der Waals surface area (Å²) in [5.74, 6) is -1.23. The SMILES string of the molecule is COC(=O)c1cc(-c2cnn(C)c2)ccc1NC(=O)COCC(=O)N1CCN(C(c2ccccc2)c2ccccc2)CC1. The van der Waals surface area contributed by atoms with Crippen LogP contribution in [-0.4, -0.2) is 83.9 Å². The monoisotopic (exact) mass is 581 g/mol. The van der Waals surface area contributed by atoms with Crippen molar-refractivity contribution in [1.29, 1.82) is 0 Å². The number of aryl methyl sites for hydroxylation is 1. The molecule has 5 rings (SSSR count). The number of piperazine rings is 1. The van der Waals surface area contributed by atoms with Crippen molar-refractivity contribution in [2.75, 3.05) is 51.8 Å². The van der Waals surface area contributed by atoms with Gasteiger partial charge in [0.15, 0.2) is 0 Å². The molecule has 0 aliphatic carbocycles. The van der Waals surface area contributed by atoms with Crippen molar-refractivity contribution in [2.24, 2.45) is 7.05 Å². The van der Waals surface area contributed by atoms with Gasteiger partial charge in [0.2, 0.25) is 11.8 Å². The van der Waals surface area contributed by atoms with Crippen LogP contribution in [0.1, 0.15) is 27.5 Å². The molecular weight excluding hydrogens is 546 g/mol. The first-order valence-electron chi connectivity index (χ1n) is 14.1. The molecule has 0 saturated carbocycles. The molecule has 4 aromatic rings. The Bertz CT molecular complexity index is 1510. The summed E-state index contributed by atoms with van der Waals surface area (Å²) < 4.78 is 12.0. The second-order valence-electron chi connectivity index (χ2n) is 10.3. The van der Waals surface area contributed by atoms with E-state index in [1.807, 2.05) is 42.6 Å². The van der Waals surface area contributed by atoms with E-state index >= 15 is 0 Å². The van der Waals surface area contributed by atoms with E-state index in [9.17, 15) is 14.4 Å². The molecule has 0 radical (unpaired) electrons. The molecule has 0 atom stereocenters. The van der Waals surface area contributed by atoms with E-state index in [2.05, 4.69) is 39.6 Å². The van der Waals surface area contributed by atoms with Crippen molar-refractivity contribution in [3.05, 3.63) is 108 Å². The first-order chi connectivity index (χ1) is 20.9. The lowest BCUT2D eigenvalue weighted by atomic mass is 9.96. The largest absolute Gasteiger partial charge is 0.465 e. The number of hydrogen-bond donors (Lipinski definition) is 1. The van der Waals surface area contributed by atoms with Gasteiger partial charge in [-0.3, -0.25) is 19.2 Å². The lowest BCUT2D eigenvalue weighted by molar-refractivity contribution is -0.139. The molecule has 222 valence electrons. The molecule has 43 heavy (non-hydrogen) atoms. The van der Waals surface area contributed by atoms with Gasteiger partial charge in [-0.05, 0) is 28.8 Å². The smallest absolute Gasteiger partial charge is 0.339 e. The first kappa shape index (κ1) is 29.7. The average molecular weight is 582 g/mol. The summed E-state index contributed by atoms with van der Waals surface area (Å²) in [7, 11) is 3.08. The third-order valence-electron chi connectivity index (χ3n) is 7.46. The van der Waals surface area contributed by atoms with Crippen LogP contribution in [-0.2, 0) is 26.1 Å². The highest BCUT2D eigenvalue weighted by atomic mass is 16.5. The van der Waals surface area contributed by atoms with Crippen LogP contribution >= 0.6 is 0 Å². The topological polar surface area (TPSA) is 106 Å². The molecule has 10 nitrogen and oxygen atoms in total. The number of methoxy groups -OCH3 is 1. The predicted molar refractivity (Wildman–Crippen MR) is 162 cm³/mol. The molecule has 0 unspecified atom stereocenters. The number of hydrogen-bond acceptors (Lipinski definition) is 7. The van der Waals surface area contributed by atoms with Gasteiger partial charge in [0, 0.05) is 45.0 Å². The van der Waals surface area contributed by atoms with Gasteiger partial charge >= 0.3 is 5.97 Å². The fourth-order valence-corrected chi connectivity index (χ4v) is 5.30. The molecule has 1 saturated heterocycles. The highest BCUT2D eigenvalue weighted by Gasteiger charge is 2.28. The Balaban J connectivity index is 1.13. The van der Waals surface area contributed by atoms with Gasteiger partial charge in [0.25, 0.3) is 0 Å². The Morgan fingerprint density at radius 1 is 0.860 bits per heavy atom. The lowest BCUT2D eigenvalue weighted by Crippen LogP contribution is -2.50. The fraction of sp³-hybridized carbons (Fsp3) is 0.273. The second-order valence-corrected chi connectivity index (χ2v) is 10.3. The Morgan fingerprint density at radius 3 is 2.09 bits per heavy atom. The van der Waals surface area contributed by atoms with E-state index in [4.69, 9.17) is 9.47 Å². The van der Waals surface area contributed by atoms with E-state index in [1.54, 1.807) is 41.0 Å². The molecule has 1 aliphatic rings. The fourth-order valence-electron chi connectivity index (χ4n) is 5.30. The molecule has 1 aliphatic heterocycles. The number of nitrogens with one attached hydrogen (secondary N) is 1. The van der Waals surface area contributed by atoms with Crippen LogP contribution in [0.3, 0.4) is 0 Å². The standard InChI is InChI=1S/C33H35N5O5/c1-36-21-27(20-34-36)26-13-14-29(28(19-26)33(41)42-2)35-30(39)22-43-23-31(40)37-15-17-38(18-16-37)32(24-9-5-3-6-10-24)25-11-7-4-8-12-25/h3-14,19-21,32H,15-18,22-23H2,1-2H3,(H,35,39). The third kappa shape index (κ3) is 7.35. The van der Waals surface area contributed by atoms with Gasteiger partial charge in [-0.15, -0.1) is 0 Å². The van der Waals surface area contributed by atoms with Crippen molar-refractivity contribution in [3.63, 3.8) is 0 Å². The van der Waals surface area contributed by atoms with Crippen molar-refractivity contribution >= 4 is 23.5 Å². The molecule has 3 aromatic carbocycles. The predicted octanol–water partition coefficient (Wildman–Crippen LogP) is 3.76. The zero-order valence-corrected chi connectivity index (χ0v) is 24.3. The number of benzene rings is 3. The van der Waals surface area contributed by atoms with Crippen molar-refractivity contribution < 1.29 is 23.9 Å². The molecule has 0 bridgehead atoms. The molecule has 2 amide bonds. The minimum Gasteiger partial charge on any atom is -0.465 e. The zero-order valence-electron chi connectivity index (χ0n) is 24.3. The second kappa shape index (κ2) is 13.9. The summed E-state index contributed by atoms with van der Waals surface area (Å²) in [5, 5.41) is 6.85. The number of rotatable bonds is 10. The molecule has 2 heterocycles. The van der Waals surface area contributed by atoms with Gasteiger partial charge in [-0.2, -0.15) is 5.10 Å². The summed E-state index contributed by atoms with van der Waals surface area (Å²) >= 11 is 0. The van der Waals surface area contributed by atoms with E-state index in [1.165, 1.54) is 18.2 Å². The maximum atomic E-state index is 12.9. The van der Waals surface area contributed by atoms with Gasteiger partial charge in [0.05, 0.1) is 30.6 Å². The normalized spacial score (nSPS) is 13.6. The molecule has 1 fully saturated rings. The molecular formula is C33H35N5O5. The van der Waals surface area contributed by atoms with Crippen LogP contribution in [0.15, 0.2) is 91.3 Å². The summed E-state index contributed by atoms with van der Waals surface area (Å²) in [6, 6.07) is 25.9. The molecule has 1 N–H and O–H groups in total. The minimum absolute atomic E-state index is 0.105. The quantitative estimate of drug-likeness (QED) is 0.284. The highest BCUT2D eigenvalue weighted by molar-refractivity contribution is 6.02. The first-order valence-corrected chi connectivity index (χ1v) is 14.1. The highest BCUT2D eigenvalue weighted by Crippen LogP contribution is 2.29. The number of amides is 2. The Labute approximate surface area is 250 Å². The molecule has 1 aromatic heterocycles. The number of aromatic nitrogens is 2. The van der Waals surface area contributed by atoms with Crippen LogP contribution in [0.2, 0.25) is 0 Å². The minimum atomic E-state index is -0.585. The van der Waals surface area contributed by atoms with E-state index < -0.39 is 11.9 Å². The van der Waals surface area contributed by atoms with E-state index in [0.717, 1.165) is 11.1 Å². The number of esters is 1. The van der Waals surface area contributed by atoms with Gasteiger partial charge in [0.1, 0.15) is 13.2 Å². The summed E-state index contributed by atoms with van der Waals surface area (Å²) in [4.78, 5) is 42.1. The zero-order chi connectivity index (χ0) is 30.2. The van der Waals surface area contributed by atoms with Crippen LogP contribution in [0, 0.1) is 0 Å². The number of carbonyl (C=O) groups is 3. The summed E-state index contributed by atoms with van der Waals surface area (Å²) in [6.45, 7) is 2.02. The lowest BCUT2D eigenvalue weighted by Gasteiger charge is -2.39. The van der Waals surface area contributed by atoms with Crippen LogP contribution in [0.25, 0.3) is 11.1 Å². The maximum Gasteiger partial charge on any atom is 0.339 e. The van der Waals surface area contributed by atoms with Crippen LogP contribution in [0.4, 0.5) is 5.69 Å². The molecule has 10 heteroatoms. The van der Waals surface area contributed by atoms with Gasteiger partial charge in [-0.1, -0.05) is 66.7 Å². The number of anilines is 1. The number of nitrogens with zero attached hydrogens (tertiary/aromatic N) is 4. The number of ether oxygens (including phenoxy) is 2. The van der Waals surface area contributed by atoms with E-state index in [0.29, 0.717) is 31.9 Å². The number of carbonyl (C=O) groups excluding carboxylic acids is 3. The summed E-state index contributed by atoms with van der Waals surface area (Å²) in [6.07, 6.45) is 3.51. The Kier molecular flexibility index (Phi) is 9.60. The summed E-state index contributed by atoms with van der Waals surface area (Å²) in [5.41, 5.74) is 4.50. The van der Waals surface area contributed by atoms with Gasteiger partial charge < -0.3 is 19.7 Å². The Hall–Kier alpha value is -4.80. The van der Waals surface area contributed by atoms with Crippen LogP contribution in [0.5, 0.6) is 0 Å². The van der Waals surface area contributed by atoms with Crippen molar-refractivity contribution in [3.8, 4) is 11.1 Å². The van der Waals surface area contributed by atoms with Crippen molar-refractivity contribution in [2.45, 2.75) is 6.04 Å². The van der Waals surface area contributed by atoms with E-state index in [-0.39, 0.29) is 30.7 Å². The van der Waals surface area contributed by atoms with Crippen molar-refractivity contribution in [1.82, 2.24) is 19.6 Å². The molecule has 0 spiro atoms. The average Bonchev–Trinajstić information content (AvgIpc) is 3.48. The third-order valence-corrected chi connectivity index (χ3v) is 7.46. The van der Waals surface area contributed by atoms with Gasteiger partial charge in [-0.25, -0.2) is 4.79 Å². The van der Waals surface area contributed by atoms with Crippen LogP contribution < -0.4 is 5.32 Å². The maximum absolute atomic E-state index is 12.9.